The van der Waals surface area contributed by atoms with Gasteiger partial charge in [-0.3, -0.25) is 4.98 Å². The molecule has 2 heterocycles. The summed E-state index contributed by atoms with van der Waals surface area (Å²) in [6.45, 7) is 1.45. The van der Waals surface area contributed by atoms with Crippen molar-refractivity contribution in [2.24, 2.45) is 0 Å². The SMILES string of the molecule is OCCCCCCCCCCC[n+]1ccc(-c2ccncc2)cc1. The first-order valence-corrected chi connectivity index (χ1v) is 9.40. The Bertz CT molecular complexity index is 540. The van der Waals surface area contributed by atoms with E-state index in [1.807, 2.05) is 24.5 Å². The van der Waals surface area contributed by atoms with Crippen LogP contribution in [0.5, 0.6) is 0 Å². The van der Waals surface area contributed by atoms with Gasteiger partial charge in [0.15, 0.2) is 12.4 Å². The van der Waals surface area contributed by atoms with Crippen molar-refractivity contribution < 1.29 is 9.67 Å². The predicted molar refractivity (Wildman–Crippen MR) is 98.5 cm³/mol. The molecule has 0 aromatic carbocycles. The number of unbranched alkanes of at least 4 members (excludes halogenated alkanes) is 8. The molecule has 130 valence electrons. The fourth-order valence-corrected chi connectivity index (χ4v) is 2.99. The van der Waals surface area contributed by atoms with E-state index in [4.69, 9.17) is 5.11 Å². The van der Waals surface area contributed by atoms with Crippen molar-refractivity contribution >= 4 is 0 Å². The highest BCUT2D eigenvalue weighted by atomic mass is 16.2. The van der Waals surface area contributed by atoms with Gasteiger partial charge in [-0.15, -0.1) is 0 Å². The number of pyridine rings is 2. The molecule has 0 aliphatic carbocycles. The van der Waals surface area contributed by atoms with Gasteiger partial charge in [0.2, 0.25) is 0 Å². The molecule has 0 saturated carbocycles. The van der Waals surface area contributed by atoms with Crippen molar-refractivity contribution in [3.63, 3.8) is 0 Å². The second-order valence-corrected chi connectivity index (χ2v) is 6.47. The molecule has 3 heteroatoms. The van der Waals surface area contributed by atoms with E-state index in [9.17, 15) is 0 Å². The third kappa shape index (κ3) is 7.22. The Balaban J connectivity index is 1.55. The van der Waals surface area contributed by atoms with E-state index >= 15 is 0 Å². The zero-order valence-corrected chi connectivity index (χ0v) is 14.7. The van der Waals surface area contributed by atoms with Crippen LogP contribution in [0.15, 0.2) is 49.1 Å². The van der Waals surface area contributed by atoms with Gasteiger partial charge in [0.05, 0.1) is 0 Å². The van der Waals surface area contributed by atoms with Crippen molar-refractivity contribution in [2.75, 3.05) is 6.61 Å². The summed E-state index contributed by atoms with van der Waals surface area (Å²) in [5, 5.41) is 8.73. The van der Waals surface area contributed by atoms with E-state index < -0.39 is 0 Å². The normalized spacial score (nSPS) is 10.9. The molecule has 0 bridgehead atoms. The van der Waals surface area contributed by atoms with E-state index in [1.54, 1.807) is 0 Å². The molecule has 0 atom stereocenters. The lowest BCUT2D eigenvalue weighted by atomic mass is 10.1. The fraction of sp³-hybridized carbons (Fsp3) is 0.524. The first kappa shape index (κ1) is 18.6. The van der Waals surface area contributed by atoms with Gasteiger partial charge in [0.1, 0.15) is 6.54 Å². The maximum Gasteiger partial charge on any atom is 0.169 e. The van der Waals surface area contributed by atoms with E-state index in [-0.39, 0.29) is 0 Å². The van der Waals surface area contributed by atoms with Crippen molar-refractivity contribution in [1.29, 1.82) is 0 Å². The second-order valence-electron chi connectivity index (χ2n) is 6.47. The summed E-state index contributed by atoms with van der Waals surface area (Å²) in [7, 11) is 0. The van der Waals surface area contributed by atoms with E-state index in [1.165, 1.54) is 62.5 Å². The largest absolute Gasteiger partial charge is 0.396 e. The topological polar surface area (TPSA) is 37.0 Å². The van der Waals surface area contributed by atoms with Crippen LogP contribution in [0, 0.1) is 0 Å². The number of nitrogens with zero attached hydrogens (tertiary/aromatic N) is 2. The Hall–Kier alpha value is -1.74. The van der Waals surface area contributed by atoms with Crippen molar-refractivity contribution in [2.45, 2.75) is 64.3 Å². The van der Waals surface area contributed by atoms with Crippen molar-refractivity contribution in [3.05, 3.63) is 49.1 Å². The molecule has 0 saturated heterocycles. The molecular formula is C21H31N2O+. The Labute approximate surface area is 146 Å². The van der Waals surface area contributed by atoms with Crippen LogP contribution < -0.4 is 4.57 Å². The average molecular weight is 327 g/mol. The van der Waals surface area contributed by atoms with Crippen LogP contribution in [-0.4, -0.2) is 16.7 Å². The minimum absolute atomic E-state index is 0.348. The van der Waals surface area contributed by atoms with Crippen LogP contribution in [0.25, 0.3) is 11.1 Å². The lowest BCUT2D eigenvalue weighted by Gasteiger charge is -2.02. The van der Waals surface area contributed by atoms with Gasteiger partial charge in [0.25, 0.3) is 0 Å². The highest BCUT2D eigenvalue weighted by molar-refractivity contribution is 5.61. The Morgan fingerprint density at radius 2 is 1.17 bits per heavy atom. The second kappa shape index (κ2) is 11.7. The highest BCUT2D eigenvalue weighted by Gasteiger charge is 2.02. The number of rotatable bonds is 12. The molecule has 24 heavy (non-hydrogen) atoms. The predicted octanol–water partition coefficient (Wildman–Crippen LogP) is 4.54. The lowest BCUT2D eigenvalue weighted by Crippen LogP contribution is -2.32. The minimum atomic E-state index is 0.348. The monoisotopic (exact) mass is 327 g/mol. The number of hydrogen-bond acceptors (Lipinski definition) is 2. The number of hydrogen-bond donors (Lipinski definition) is 1. The maximum atomic E-state index is 8.73. The molecule has 2 aromatic heterocycles. The summed E-state index contributed by atoms with van der Waals surface area (Å²) in [4.78, 5) is 4.06. The van der Waals surface area contributed by atoms with Gasteiger partial charge in [-0.1, -0.05) is 38.5 Å². The number of aryl methyl sites for hydroxylation is 1. The summed E-state index contributed by atoms with van der Waals surface area (Å²) in [6, 6.07) is 8.45. The van der Waals surface area contributed by atoms with Crippen LogP contribution >= 0.6 is 0 Å². The molecule has 2 aromatic rings. The number of aromatic nitrogens is 2. The summed E-state index contributed by atoms with van der Waals surface area (Å²) in [5.74, 6) is 0. The van der Waals surface area contributed by atoms with Gasteiger partial charge in [-0.2, -0.15) is 0 Å². The summed E-state index contributed by atoms with van der Waals surface area (Å²) in [6.07, 6.45) is 19.4. The minimum Gasteiger partial charge on any atom is -0.396 e. The maximum absolute atomic E-state index is 8.73. The van der Waals surface area contributed by atoms with Gasteiger partial charge in [0, 0.05) is 37.6 Å². The van der Waals surface area contributed by atoms with Gasteiger partial charge in [-0.25, -0.2) is 4.57 Å². The van der Waals surface area contributed by atoms with Crippen LogP contribution in [0.1, 0.15) is 57.8 Å². The molecule has 0 spiro atoms. The van der Waals surface area contributed by atoms with Crippen molar-refractivity contribution in [1.82, 2.24) is 4.98 Å². The molecule has 0 radical (unpaired) electrons. The van der Waals surface area contributed by atoms with Crippen LogP contribution in [0.3, 0.4) is 0 Å². The number of aliphatic hydroxyl groups is 1. The number of aliphatic hydroxyl groups excluding tert-OH is 1. The molecule has 0 amide bonds. The molecule has 1 N–H and O–H groups in total. The molecule has 2 rings (SSSR count). The fourth-order valence-electron chi connectivity index (χ4n) is 2.99. The molecule has 0 fully saturated rings. The third-order valence-electron chi connectivity index (χ3n) is 4.48. The standard InChI is InChI=1S/C21H31N2O/c24-19-9-7-5-3-1-2-4-6-8-16-23-17-12-21(13-18-23)20-10-14-22-15-11-20/h10-15,17-18,24H,1-9,16,19H2/q+1. The average Bonchev–Trinajstić information content (AvgIpc) is 2.64. The van der Waals surface area contributed by atoms with E-state index in [0.717, 1.165) is 13.0 Å². The zero-order chi connectivity index (χ0) is 16.9. The molecule has 0 aliphatic heterocycles. The summed E-state index contributed by atoms with van der Waals surface area (Å²) >= 11 is 0. The first-order valence-electron chi connectivity index (χ1n) is 9.40. The smallest absolute Gasteiger partial charge is 0.169 e. The Morgan fingerprint density at radius 3 is 1.75 bits per heavy atom. The van der Waals surface area contributed by atoms with Crippen LogP contribution in [0.2, 0.25) is 0 Å². The molecular weight excluding hydrogens is 296 g/mol. The zero-order valence-electron chi connectivity index (χ0n) is 14.7. The van der Waals surface area contributed by atoms with E-state index in [2.05, 4.69) is 34.1 Å². The quantitative estimate of drug-likeness (QED) is 0.459. The summed E-state index contributed by atoms with van der Waals surface area (Å²) < 4.78 is 2.28. The molecule has 0 aliphatic rings. The molecule has 0 unspecified atom stereocenters. The first-order chi connectivity index (χ1) is 11.9. The molecule has 3 nitrogen and oxygen atoms in total. The van der Waals surface area contributed by atoms with Crippen LogP contribution in [-0.2, 0) is 6.54 Å². The highest BCUT2D eigenvalue weighted by Crippen LogP contribution is 2.15. The van der Waals surface area contributed by atoms with Crippen molar-refractivity contribution in [3.8, 4) is 11.1 Å². The van der Waals surface area contributed by atoms with Gasteiger partial charge in [-0.05, 0) is 36.1 Å². The van der Waals surface area contributed by atoms with Crippen LogP contribution in [0.4, 0.5) is 0 Å². The van der Waals surface area contributed by atoms with Gasteiger partial charge >= 0.3 is 0 Å². The lowest BCUT2D eigenvalue weighted by molar-refractivity contribution is -0.697. The Morgan fingerprint density at radius 1 is 0.667 bits per heavy atom. The van der Waals surface area contributed by atoms with E-state index in [0.29, 0.717) is 6.61 Å². The summed E-state index contributed by atoms with van der Waals surface area (Å²) in [5.41, 5.74) is 2.46. The Kier molecular flexibility index (Phi) is 9.10. The third-order valence-corrected chi connectivity index (χ3v) is 4.48. The van der Waals surface area contributed by atoms with Gasteiger partial charge < -0.3 is 5.11 Å².